The van der Waals surface area contributed by atoms with Crippen molar-refractivity contribution in [1.82, 2.24) is 9.97 Å². The Morgan fingerprint density at radius 3 is 2.89 bits per heavy atom. The lowest BCUT2D eigenvalue weighted by Crippen LogP contribution is -2.14. The topological polar surface area (TPSA) is 101 Å². The first kappa shape index (κ1) is 13.0. The van der Waals surface area contributed by atoms with Gasteiger partial charge in [0.25, 0.3) is 0 Å². The number of nitro groups is 1. The molecule has 7 nitrogen and oxygen atoms in total. The van der Waals surface area contributed by atoms with Crippen LogP contribution in [-0.4, -0.2) is 14.9 Å². The quantitative estimate of drug-likeness (QED) is 0.664. The minimum absolute atomic E-state index is 0.126. The standard InChI is InChI=1S/C11H9ClN4O3/c1-6-7(12)3-2-4-8(6)15-10-9(16(18)19)11(17)14-5-13-10/h2-5H,1H3,(H2,13,14,15,17). The number of hydrogen-bond acceptors (Lipinski definition) is 5. The van der Waals surface area contributed by atoms with E-state index in [-0.39, 0.29) is 5.82 Å². The number of rotatable bonds is 3. The predicted molar refractivity (Wildman–Crippen MR) is 71.0 cm³/mol. The van der Waals surface area contributed by atoms with Crippen molar-refractivity contribution < 1.29 is 4.92 Å². The van der Waals surface area contributed by atoms with E-state index < -0.39 is 16.2 Å². The molecule has 1 heterocycles. The first-order chi connectivity index (χ1) is 9.00. The SMILES string of the molecule is Cc1c(Cl)cccc1Nc1nc[nH]c(=O)c1[N+](=O)[O-]. The van der Waals surface area contributed by atoms with Gasteiger partial charge in [0.1, 0.15) is 0 Å². The summed E-state index contributed by atoms with van der Waals surface area (Å²) in [6.45, 7) is 1.75. The molecule has 0 aliphatic carbocycles. The van der Waals surface area contributed by atoms with Crippen molar-refractivity contribution in [2.75, 3.05) is 5.32 Å². The maximum absolute atomic E-state index is 11.4. The number of hydrogen-bond donors (Lipinski definition) is 2. The monoisotopic (exact) mass is 280 g/mol. The van der Waals surface area contributed by atoms with E-state index in [9.17, 15) is 14.9 Å². The molecule has 19 heavy (non-hydrogen) atoms. The molecular formula is C11H9ClN4O3. The van der Waals surface area contributed by atoms with Crippen LogP contribution < -0.4 is 10.9 Å². The van der Waals surface area contributed by atoms with Crippen molar-refractivity contribution in [2.24, 2.45) is 0 Å². The number of aromatic nitrogens is 2. The van der Waals surface area contributed by atoms with Crippen LogP contribution in [0.1, 0.15) is 5.56 Å². The summed E-state index contributed by atoms with van der Waals surface area (Å²) >= 11 is 5.95. The van der Waals surface area contributed by atoms with Gasteiger partial charge in [-0.15, -0.1) is 0 Å². The zero-order valence-electron chi connectivity index (χ0n) is 9.81. The van der Waals surface area contributed by atoms with Crippen molar-refractivity contribution in [2.45, 2.75) is 6.92 Å². The predicted octanol–water partition coefficient (Wildman–Crippen LogP) is 2.38. The van der Waals surface area contributed by atoms with Crippen LogP contribution >= 0.6 is 11.6 Å². The van der Waals surface area contributed by atoms with E-state index >= 15 is 0 Å². The van der Waals surface area contributed by atoms with E-state index in [1.54, 1.807) is 25.1 Å². The van der Waals surface area contributed by atoms with Crippen molar-refractivity contribution in [1.29, 1.82) is 0 Å². The van der Waals surface area contributed by atoms with E-state index in [2.05, 4.69) is 15.3 Å². The summed E-state index contributed by atoms with van der Waals surface area (Å²) in [5.41, 5.74) is -0.196. The molecule has 2 N–H and O–H groups in total. The highest BCUT2D eigenvalue weighted by atomic mass is 35.5. The molecule has 0 amide bonds. The molecule has 98 valence electrons. The van der Waals surface area contributed by atoms with E-state index in [0.29, 0.717) is 16.3 Å². The molecule has 8 heteroatoms. The Labute approximate surface area is 112 Å². The second-order valence-electron chi connectivity index (χ2n) is 3.72. The van der Waals surface area contributed by atoms with E-state index in [0.717, 1.165) is 6.33 Å². The maximum Gasteiger partial charge on any atom is 0.376 e. The molecule has 2 aromatic rings. The fraction of sp³-hybridized carbons (Fsp3) is 0.0909. The van der Waals surface area contributed by atoms with Crippen molar-refractivity contribution in [3.8, 4) is 0 Å². The molecular weight excluding hydrogens is 272 g/mol. The second-order valence-corrected chi connectivity index (χ2v) is 4.13. The number of benzene rings is 1. The molecule has 0 saturated carbocycles. The highest BCUT2D eigenvalue weighted by molar-refractivity contribution is 6.31. The van der Waals surface area contributed by atoms with Crippen molar-refractivity contribution in [3.63, 3.8) is 0 Å². The smallest absolute Gasteiger partial charge is 0.334 e. The van der Waals surface area contributed by atoms with Crippen LogP contribution in [0.3, 0.4) is 0 Å². The zero-order valence-corrected chi connectivity index (χ0v) is 10.6. The summed E-state index contributed by atoms with van der Waals surface area (Å²) in [4.78, 5) is 27.4. The van der Waals surface area contributed by atoms with Gasteiger partial charge in [-0.25, -0.2) is 4.98 Å². The first-order valence-electron chi connectivity index (χ1n) is 5.25. The summed E-state index contributed by atoms with van der Waals surface area (Å²) in [6.07, 6.45) is 1.09. The van der Waals surface area contributed by atoms with Crippen molar-refractivity contribution >= 4 is 28.8 Å². The number of nitrogens with zero attached hydrogens (tertiary/aromatic N) is 2. The molecule has 0 aliphatic rings. The fourth-order valence-corrected chi connectivity index (χ4v) is 1.70. The summed E-state index contributed by atoms with van der Waals surface area (Å²) in [5, 5.41) is 14.1. The average Bonchev–Trinajstić information content (AvgIpc) is 2.34. The number of halogens is 1. The molecule has 2 rings (SSSR count). The molecule has 0 fully saturated rings. The van der Waals surface area contributed by atoms with Gasteiger partial charge in [-0.05, 0) is 24.6 Å². The maximum atomic E-state index is 11.4. The van der Waals surface area contributed by atoms with Crippen LogP contribution in [0.15, 0.2) is 29.3 Å². The molecule has 0 bridgehead atoms. The molecule has 0 radical (unpaired) electrons. The van der Waals surface area contributed by atoms with Gasteiger partial charge in [0, 0.05) is 10.7 Å². The van der Waals surface area contributed by atoms with E-state index in [1.165, 1.54) is 0 Å². The lowest BCUT2D eigenvalue weighted by molar-refractivity contribution is -0.385. The minimum atomic E-state index is -0.817. The lowest BCUT2D eigenvalue weighted by atomic mass is 10.2. The molecule has 0 aliphatic heterocycles. The Bertz CT molecular complexity index is 699. The van der Waals surface area contributed by atoms with Crippen LogP contribution in [-0.2, 0) is 0 Å². The van der Waals surface area contributed by atoms with Gasteiger partial charge in [0.05, 0.1) is 11.3 Å². The Balaban J connectivity index is 2.50. The van der Waals surface area contributed by atoms with Gasteiger partial charge in [0.2, 0.25) is 5.82 Å². The third-order valence-corrected chi connectivity index (χ3v) is 2.94. The number of aromatic amines is 1. The van der Waals surface area contributed by atoms with Gasteiger partial charge in [-0.3, -0.25) is 14.9 Å². The van der Waals surface area contributed by atoms with Crippen LogP contribution in [0.25, 0.3) is 0 Å². The van der Waals surface area contributed by atoms with Gasteiger partial charge < -0.3 is 10.3 Å². The Morgan fingerprint density at radius 2 is 2.21 bits per heavy atom. The van der Waals surface area contributed by atoms with Crippen LogP contribution in [0, 0.1) is 17.0 Å². The first-order valence-corrected chi connectivity index (χ1v) is 5.62. The summed E-state index contributed by atoms with van der Waals surface area (Å²) in [6, 6.07) is 5.08. The van der Waals surface area contributed by atoms with E-state index in [1.807, 2.05) is 0 Å². The highest BCUT2D eigenvalue weighted by Crippen LogP contribution is 2.27. The largest absolute Gasteiger partial charge is 0.376 e. The van der Waals surface area contributed by atoms with Gasteiger partial charge in [0.15, 0.2) is 0 Å². The number of nitrogens with one attached hydrogen (secondary N) is 2. The van der Waals surface area contributed by atoms with Crippen LogP contribution in [0.4, 0.5) is 17.2 Å². The lowest BCUT2D eigenvalue weighted by Gasteiger charge is -2.09. The molecule has 0 atom stereocenters. The van der Waals surface area contributed by atoms with Crippen LogP contribution in [0.2, 0.25) is 5.02 Å². The normalized spacial score (nSPS) is 10.2. The highest BCUT2D eigenvalue weighted by Gasteiger charge is 2.21. The van der Waals surface area contributed by atoms with Gasteiger partial charge in [-0.1, -0.05) is 17.7 Å². The third-order valence-electron chi connectivity index (χ3n) is 2.53. The Kier molecular flexibility index (Phi) is 3.48. The summed E-state index contributed by atoms with van der Waals surface area (Å²) in [5.74, 6) is -0.126. The fourth-order valence-electron chi connectivity index (χ4n) is 1.52. The molecule has 0 unspecified atom stereocenters. The van der Waals surface area contributed by atoms with Crippen LogP contribution in [0.5, 0.6) is 0 Å². The Hall–Kier alpha value is -2.41. The molecule has 1 aromatic carbocycles. The van der Waals surface area contributed by atoms with Crippen molar-refractivity contribution in [3.05, 3.63) is 55.6 Å². The van der Waals surface area contributed by atoms with Gasteiger partial charge >= 0.3 is 11.2 Å². The number of H-pyrrole nitrogens is 1. The summed E-state index contributed by atoms with van der Waals surface area (Å²) < 4.78 is 0. The second kappa shape index (κ2) is 5.07. The summed E-state index contributed by atoms with van der Waals surface area (Å²) in [7, 11) is 0. The molecule has 1 aromatic heterocycles. The van der Waals surface area contributed by atoms with E-state index in [4.69, 9.17) is 11.6 Å². The molecule has 0 spiro atoms. The minimum Gasteiger partial charge on any atom is -0.334 e. The average molecular weight is 281 g/mol. The van der Waals surface area contributed by atoms with Gasteiger partial charge in [-0.2, -0.15) is 0 Å². The zero-order chi connectivity index (χ0) is 14.0. The Morgan fingerprint density at radius 1 is 1.47 bits per heavy atom. The number of anilines is 2. The third kappa shape index (κ3) is 2.55. The molecule has 0 saturated heterocycles.